The van der Waals surface area contributed by atoms with Crippen LogP contribution in [0.4, 0.5) is 0 Å². The maximum Gasteiger partial charge on any atom is 0.300 e. The molecule has 0 aliphatic rings. The fourth-order valence-corrected chi connectivity index (χ4v) is 2.85. The maximum atomic E-state index is 11.8. The van der Waals surface area contributed by atoms with Crippen LogP contribution in [0.3, 0.4) is 0 Å². The van der Waals surface area contributed by atoms with Gasteiger partial charge in [-0.15, -0.1) is 0 Å². The Morgan fingerprint density at radius 3 is 2.58 bits per heavy atom. The van der Waals surface area contributed by atoms with Crippen molar-refractivity contribution in [1.29, 1.82) is 0 Å². The van der Waals surface area contributed by atoms with Gasteiger partial charge >= 0.3 is 0 Å². The lowest BCUT2D eigenvalue weighted by Crippen LogP contribution is -2.31. The van der Waals surface area contributed by atoms with Gasteiger partial charge in [0.1, 0.15) is 0 Å². The topological polar surface area (TPSA) is 76.4 Å². The average Bonchev–Trinajstić information content (AvgIpc) is 2.85. The summed E-state index contributed by atoms with van der Waals surface area (Å²) in [5, 5.41) is 0.332. The Bertz CT molecular complexity index is 680. The van der Waals surface area contributed by atoms with Crippen LogP contribution in [0.25, 0.3) is 0 Å². The molecule has 0 atom stereocenters. The molecule has 1 heterocycles. The number of halogens is 1. The summed E-state index contributed by atoms with van der Waals surface area (Å²) in [5.74, 6) is -1.25. The number of hydrogen-bond acceptors (Lipinski definition) is 4. The summed E-state index contributed by atoms with van der Waals surface area (Å²) in [6.07, 6.45) is 1.29. The van der Waals surface area contributed by atoms with E-state index in [1.165, 1.54) is 18.4 Å². The van der Waals surface area contributed by atoms with Crippen molar-refractivity contribution in [3.05, 3.63) is 59.0 Å². The summed E-state index contributed by atoms with van der Waals surface area (Å²) in [5.41, 5.74) is 0.420. The fourth-order valence-electron chi connectivity index (χ4n) is 1.46. The van der Waals surface area contributed by atoms with E-state index in [-0.39, 0.29) is 11.5 Å². The lowest BCUT2D eigenvalue weighted by molar-refractivity contribution is 0.0954. The fraction of sp³-hybridized carbons (Fsp3) is 0.0833. The molecule has 0 fully saturated rings. The Kier molecular flexibility index (Phi) is 3.92. The van der Waals surface area contributed by atoms with Crippen LogP contribution in [0.15, 0.2) is 47.1 Å². The number of hydrogen-bond donors (Lipinski definition) is 1. The minimum atomic E-state index is -3.83. The molecular weight excluding hydrogens is 290 g/mol. The van der Waals surface area contributed by atoms with Crippen molar-refractivity contribution < 1.29 is 17.6 Å². The van der Waals surface area contributed by atoms with Crippen LogP contribution in [0.1, 0.15) is 16.1 Å². The average molecular weight is 300 g/mol. The van der Waals surface area contributed by atoms with Crippen molar-refractivity contribution in [2.24, 2.45) is 0 Å². The van der Waals surface area contributed by atoms with Gasteiger partial charge in [0, 0.05) is 5.02 Å². The largest absolute Gasteiger partial charge is 0.459 e. The van der Waals surface area contributed by atoms with E-state index in [4.69, 9.17) is 16.0 Å². The normalized spacial score (nSPS) is 11.2. The first-order chi connectivity index (χ1) is 8.98. The van der Waals surface area contributed by atoms with E-state index in [0.717, 1.165) is 0 Å². The van der Waals surface area contributed by atoms with Gasteiger partial charge in [-0.25, -0.2) is 13.1 Å². The van der Waals surface area contributed by atoms with E-state index >= 15 is 0 Å². The Balaban J connectivity index is 2.12. The molecule has 19 heavy (non-hydrogen) atoms. The molecule has 7 heteroatoms. The molecule has 0 spiro atoms. The number of nitrogens with one attached hydrogen (secondary N) is 1. The van der Waals surface area contributed by atoms with Gasteiger partial charge in [-0.2, -0.15) is 0 Å². The van der Waals surface area contributed by atoms with Gasteiger partial charge in [0.05, 0.1) is 12.0 Å². The van der Waals surface area contributed by atoms with Crippen LogP contribution in [0, 0.1) is 0 Å². The molecule has 0 aliphatic carbocycles. The third-order valence-corrected chi connectivity index (χ3v) is 3.85. The Morgan fingerprint density at radius 2 is 1.95 bits per heavy atom. The molecule has 1 aromatic carbocycles. The first-order valence-corrected chi connectivity index (χ1v) is 7.33. The lowest BCUT2D eigenvalue weighted by Gasteiger charge is -2.06. The van der Waals surface area contributed by atoms with Crippen molar-refractivity contribution in [3.63, 3.8) is 0 Å². The van der Waals surface area contributed by atoms with Crippen molar-refractivity contribution in [2.45, 2.75) is 5.75 Å². The summed E-state index contributed by atoms with van der Waals surface area (Å²) in [6.45, 7) is 0. The molecule has 2 aromatic rings. The molecule has 100 valence electrons. The van der Waals surface area contributed by atoms with Crippen molar-refractivity contribution in [2.75, 3.05) is 0 Å². The van der Waals surface area contributed by atoms with E-state index in [9.17, 15) is 13.2 Å². The molecule has 2 rings (SSSR count). The highest BCUT2D eigenvalue weighted by Gasteiger charge is 2.19. The Hall–Kier alpha value is -1.79. The van der Waals surface area contributed by atoms with Gasteiger partial charge < -0.3 is 4.42 Å². The smallest absolute Gasteiger partial charge is 0.300 e. The molecule has 0 saturated heterocycles. The first kappa shape index (κ1) is 13.6. The quantitative estimate of drug-likeness (QED) is 0.939. The van der Waals surface area contributed by atoms with Crippen LogP contribution in [-0.4, -0.2) is 14.3 Å². The number of furan rings is 1. The van der Waals surface area contributed by atoms with Gasteiger partial charge in [0.2, 0.25) is 10.0 Å². The second-order valence-electron chi connectivity index (χ2n) is 3.76. The third kappa shape index (κ3) is 3.59. The van der Waals surface area contributed by atoms with Gasteiger partial charge in [-0.1, -0.05) is 29.8 Å². The molecule has 5 nitrogen and oxygen atoms in total. The number of carbonyl (C=O) groups is 1. The van der Waals surface area contributed by atoms with E-state index in [1.807, 2.05) is 4.72 Å². The molecule has 0 radical (unpaired) electrons. The summed E-state index contributed by atoms with van der Waals surface area (Å²) in [4.78, 5) is 11.6. The van der Waals surface area contributed by atoms with Gasteiger partial charge in [-0.05, 0) is 23.8 Å². The monoisotopic (exact) mass is 299 g/mol. The second-order valence-corrected chi connectivity index (χ2v) is 5.89. The van der Waals surface area contributed by atoms with Crippen LogP contribution in [0.5, 0.6) is 0 Å². The molecular formula is C12H10ClNO4S. The minimum absolute atomic E-state index is 0.0669. The predicted molar refractivity (Wildman–Crippen MR) is 70.3 cm³/mol. The molecule has 1 aromatic heterocycles. The van der Waals surface area contributed by atoms with E-state index in [0.29, 0.717) is 10.6 Å². The highest BCUT2D eigenvalue weighted by Crippen LogP contribution is 2.17. The summed E-state index contributed by atoms with van der Waals surface area (Å²) >= 11 is 5.87. The van der Waals surface area contributed by atoms with Crippen LogP contribution in [0.2, 0.25) is 5.02 Å². The van der Waals surface area contributed by atoms with Gasteiger partial charge in [0.15, 0.2) is 5.76 Å². The molecule has 1 N–H and O–H groups in total. The van der Waals surface area contributed by atoms with Crippen LogP contribution in [-0.2, 0) is 15.8 Å². The van der Waals surface area contributed by atoms with E-state index in [2.05, 4.69) is 0 Å². The Morgan fingerprint density at radius 1 is 1.21 bits per heavy atom. The van der Waals surface area contributed by atoms with Crippen molar-refractivity contribution >= 4 is 27.5 Å². The third-order valence-electron chi connectivity index (χ3n) is 2.30. The maximum absolute atomic E-state index is 11.8. The van der Waals surface area contributed by atoms with Crippen molar-refractivity contribution in [3.8, 4) is 0 Å². The summed E-state index contributed by atoms with van der Waals surface area (Å²) < 4.78 is 30.4. The number of rotatable bonds is 4. The highest BCUT2D eigenvalue weighted by atomic mass is 35.5. The second kappa shape index (κ2) is 5.46. The Labute approximate surface area is 115 Å². The SMILES string of the molecule is O=C(NS(=O)(=O)Cc1ccccc1Cl)c1ccco1. The highest BCUT2D eigenvalue weighted by molar-refractivity contribution is 7.89. The summed E-state index contributed by atoms with van der Waals surface area (Å²) in [6, 6.07) is 9.40. The number of amides is 1. The van der Waals surface area contributed by atoms with Crippen LogP contribution >= 0.6 is 11.6 Å². The zero-order valence-electron chi connectivity index (χ0n) is 9.67. The summed E-state index contributed by atoms with van der Waals surface area (Å²) in [7, 11) is -3.83. The molecule has 1 amide bonds. The number of sulfonamides is 1. The molecule has 0 saturated carbocycles. The van der Waals surface area contributed by atoms with E-state index < -0.39 is 15.9 Å². The lowest BCUT2D eigenvalue weighted by atomic mass is 10.2. The molecule has 0 unspecified atom stereocenters. The first-order valence-electron chi connectivity index (χ1n) is 5.30. The van der Waals surface area contributed by atoms with Gasteiger partial charge in [0.25, 0.3) is 5.91 Å². The zero-order chi connectivity index (χ0) is 13.9. The number of carbonyl (C=O) groups excluding carboxylic acids is 1. The minimum Gasteiger partial charge on any atom is -0.459 e. The zero-order valence-corrected chi connectivity index (χ0v) is 11.2. The van der Waals surface area contributed by atoms with Crippen LogP contribution < -0.4 is 4.72 Å². The standard InChI is InChI=1S/C12H10ClNO4S/c13-10-5-2-1-4-9(10)8-19(16,17)14-12(15)11-6-3-7-18-11/h1-7H,8H2,(H,14,15). The predicted octanol–water partition coefficient (Wildman–Crippen LogP) is 2.19. The van der Waals surface area contributed by atoms with Crippen molar-refractivity contribution in [1.82, 2.24) is 4.72 Å². The molecule has 0 bridgehead atoms. The van der Waals surface area contributed by atoms with E-state index in [1.54, 1.807) is 24.3 Å². The number of benzene rings is 1. The van der Waals surface area contributed by atoms with Gasteiger partial charge in [-0.3, -0.25) is 4.79 Å². The molecule has 0 aliphatic heterocycles.